The number of hydrogen-bond donors (Lipinski definition) is 1. The van der Waals surface area contributed by atoms with E-state index in [0.717, 1.165) is 0 Å². The highest BCUT2D eigenvalue weighted by Crippen LogP contribution is 2.02. The number of nitrogens with one attached hydrogen (secondary N) is 1. The van der Waals surface area contributed by atoms with Crippen LogP contribution in [-0.2, 0) is 0 Å². The molecule has 1 amide bonds. The Morgan fingerprint density at radius 2 is 1.82 bits per heavy atom. The molecule has 0 spiro atoms. The van der Waals surface area contributed by atoms with Crippen molar-refractivity contribution < 1.29 is 9.90 Å². The standard InChI is InChI=1S/C7H7NO2.ClH/c9-7(10)8-6-4-2-1-3-5-6;/h1-5,8H,(H,9,10);1H/p-1. The predicted molar refractivity (Wildman–Crippen MR) is 42.7 cm³/mol. The second-order valence-electron chi connectivity index (χ2n) is 1.78. The molecule has 4 heteroatoms. The molecule has 60 valence electrons. The molecule has 0 aromatic heterocycles. The van der Waals surface area contributed by atoms with Crippen LogP contribution in [0.1, 0.15) is 0 Å². The number of carbonyl (C=O) groups excluding carboxylic acids is 1. The van der Waals surface area contributed by atoms with Crippen molar-refractivity contribution in [2.24, 2.45) is 0 Å². The van der Waals surface area contributed by atoms with Crippen LogP contribution in [0.15, 0.2) is 30.3 Å². The summed E-state index contributed by atoms with van der Waals surface area (Å²) in [6.07, 6.45) is -1.29. The molecule has 0 heterocycles. The average Bonchev–Trinajstić information content (AvgIpc) is 1.88. The zero-order valence-electron chi connectivity index (χ0n) is 5.61. The van der Waals surface area contributed by atoms with Crippen molar-refractivity contribution in [2.75, 3.05) is 5.32 Å². The highest BCUT2D eigenvalue weighted by atomic mass is 35.5. The van der Waals surface area contributed by atoms with Crippen molar-refractivity contribution in [3.8, 4) is 0 Å². The first-order valence-electron chi connectivity index (χ1n) is 2.82. The van der Waals surface area contributed by atoms with Crippen molar-refractivity contribution in [3.05, 3.63) is 30.3 Å². The van der Waals surface area contributed by atoms with Crippen LogP contribution in [0.3, 0.4) is 0 Å². The maximum Gasteiger partial charge on any atom is 0.138 e. The number of carbonyl (C=O) groups is 1. The van der Waals surface area contributed by atoms with Crippen LogP contribution in [-0.4, -0.2) is 6.09 Å². The summed E-state index contributed by atoms with van der Waals surface area (Å²) in [5.41, 5.74) is 0.530. The second-order valence-corrected chi connectivity index (χ2v) is 1.78. The van der Waals surface area contributed by atoms with Crippen molar-refractivity contribution in [3.63, 3.8) is 0 Å². The van der Waals surface area contributed by atoms with Gasteiger partial charge in [-0.15, -0.1) is 12.4 Å². The Labute approximate surface area is 70.5 Å². The monoisotopic (exact) mass is 172 g/mol. The minimum atomic E-state index is -1.29. The predicted octanol–water partition coefficient (Wildman–Crippen LogP) is 0.864. The fraction of sp³-hybridized carbons (Fsp3) is 0. The first-order valence-corrected chi connectivity index (χ1v) is 2.82. The number of amides is 1. The molecule has 0 aliphatic heterocycles. The Morgan fingerprint density at radius 1 is 1.27 bits per heavy atom. The number of benzene rings is 1. The lowest BCUT2D eigenvalue weighted by atomic mass is 10.3. The average molecular weight is 173 g/mol. The van der Waals surface area contributed by atoms with E-state index in [1.54, 1.807) is 30.3 Å². The number of carboxylic acid groups (broad SMARTS) is 1. The van der Waals surface area contributed by atoms with Crippen LogP contribution in [0.25, 0.3) is 0 Å². The maximum atomic E-state index is 9.95. The number of rotatable bonds is 1. The Morgan fingerprint density at radius 3 is 2.27 bits per heavy atom. The summed E-state index contributed by atoms with van der Waals surface area (Å²) in [7, 11) is 0. The molecule has 0 bridgehead atoms. The van der Waals surface area contributed by atoms with E-state index in [2.05, 4.69) is 5.32 Å². The fourth-order valence-corrected chi connectivity index (χ4v) is 0.639. The molecule has 0 saturated heterocycles. The lowest BCUT2D eigenvalue weighted by Crippen LogP contribution is -2.28. The van der Waals surface area contributed by atoms with E-state index in [1.807, 2.05) is 0 Å². The van der Waals surface area contributed by atoms with Crippen LogP contribution in [0.5, 0.6) is 0 Å². The van der Waals surface area contributed by atoms with E-state index in [-0.39, 0.29) is 12.4 Å². The van der Waals surface area contributed by atoms with Crippen molar-refractivity contribution in [2.45, 2.75) is 0 Å². The molecule has 0 aliphatic rings. The van der Waals surface area contributed by atoms with Gasteiger partial charge in [-0.1, -0.05) is 18.2 Å². The molecular formula is C7H7ClNO2-. The molecular weight excluding hydrogens is 166 g/mol. The molecule has 0 radical (unpaired) electrons. The van der Waals surface area contributed by atoms with Gasteiger partial charge in [0.1, 0.15) is 6.09 Å². The Hall–Kier alpha value is -1.22. The molecule has 1 rings (SSSR count). The lowest BCUT2D eigenvalue weighted by Gasteiger charge is -2.04. The molecule has 11 heavy (non-hydrogen) atoms. The van der Waals surface area contributed by atoms with Gasteiger partial charge >= 0.3 is 0 Å². The van der Waals surface area contributed by atoms with Gasteiger partial charge < -0.3 is 15.2 Å². The molecule has 0 aliphatic carbocycles. The van der Waals surface area contributed by atoms with Crippen molar-refractivity contribution in [1.82, 2.24) is 0 Å². The maximum absolute atomic E-state index is 9.95. The zero-order chi connectivity index (χ0) is 7.40. The van der Waals surface area contributed by atoms with E-state index in [1.165, 1.54) is 0 Å². The van der Waals surface area contributed by atoms with Gasteiger partial charge in [0.25, 0.3) is 0 Å². The zero-order valence-corrected chi connectivity index (χ0v) is 6.43. The van der Waals surface area contributed by atoms with Crippen LogP contribution in [0.4, 0.5) is 10.5 Å². The van der Waals surface area contributed by atoms with Gasteiger partial charge in [0.15, 0.2) is 0 Å². The molecule has 0 unspecified atom stereocenters. The SMILES string of the molecule is Cl.O=C([O-])Nc1ccccc1. The van der Waals surface area contributed by atoms with Crippen LogP contribution < -0.4 is 10.4 Å². The Bertz CT molecular complexity index is 225. The number of para-hydroxylation sites is 1. The number of halogens is 1. The quantitative estimate of drug-likeness (QED) is 0.683. The van der Waals surface area contributed by atoms with Crippen LogP contribution in [0, 0.1) is 0 Å². The third kappa shape index (κ3) is 3.47. The molecule has 1 aromatic carbocycles. The fourth-order valence-electron chi connectivity index (χ4n) is 0.639. The highest BCUT2D eigenvalue weighted by molar-refractivity contribution is 5.85. The minimum Gasteiger partial charge on any atom is -0.530 e. The molecule has 0 saturated carbocycles. The summed E-state index contributed by atoms with van der Waals surface area (Å²) >= 11 is 0. The molecule has 0 atom stereocenters. The largest absolute Gasteiger partial charge is 0.530 e. The van der Waals surface area contributed by atoms with E-state index in [0.29, 0.717) is 5.69 Å². The van der Waals surface area contributed by atoms with Gasteiger partial charge in [0, 0.05) is 5.69 Å². The number of anilines is 1. The van der Waals surface area contributed by atoms with E-state index in [9.17, 15) is 9.90 Å². The summed E-state index contributed by atoms with van der Waals surface area (Å²) in [4.78, 5) is 9.95. The topological polar surface area (TPSA) is 52.2 Å². The summed E-state index contributed by atoms with van der Waals surface area (Å²) in [5, 5.41) is 12.1. The van der Waals surface area contributed by atoms with E-state index < -0.39 is 6.09 Å². The van der Waals surface area contributed by atoms with Crippen LogP contribution in [0.2, 0.25) is 0 Å². The first-order chi connectivity index (χ1) is 4.79. The molecule has 1 N–H and O–H groups in total. The van der Waals surface area contributed by atoms with Gasteiger partial charge in [0.2, 0.25) is 0 Å². The van der Waals surface area contributed by atoms with Gasteiger partial charge in [0.05, 0.1) is 0 Å². The summed E-state index contributed by atoms with van der Waals surface area (Å²) in [6.45, 7) is 0. The second kappa shape index (κ2) is 4.57. The minimum absolute atomic E-state index is 0. The smallest absolute Gasteiger partial charge is 0.138 e. The summed E-state index contributed by atoms with van der Waals surface area (Å²) in [6, 6.07) is 8.59. The van der Waals surface area contributed by atoms with Crippen molar-refractivity contribution >= 4 is 24.2 Å². The third-order valence-electron chi connectivity index (χ3n) is 1.02. The normalized spacial score (nSPS) is 8.00. The first kappa shape index (κ1) is 9.78. The van der Waals surface area contributed by atoms with E-state index in [4.69, 9.17) is 0 Å². The molecule has 0 fully saturated rings. The Balaban J connectivity index is 0.000001000. The van der Waals surface area contributed by atoms with Crippen molar-refractivity contribution in [1.29, 1.82) is 0 Å². The third-order valence-corrected chi connectivity index (χ3v) is 1.02. The van der Waals surface area contributed by atoms with Gasteiger partial charge in [-0.25, -0.2) is 0 Å². The van der Waals surface area contributed by atoms with Crippen LogP contribution >= 0.6 is 12.4 Å². The van der Waals surface area contributed by atoms with E-state index >= 15 is 0 Å². The summed E-state index contributed by atoms with van der Waals surface area (Å²) in [5.74, 6) is 0. The van der Waals surface area contributed by atoms with Gasteiger partial charge in [-0.2, -0.15) is 0 Å². The summed E-state index contributed by atoms with van der Waals surface area (Å²) < 4.78 is 0. The van der Waals surface area contributed by atoms with Gasteiger partial charge in [-0.05, 0) is 12.1 Å². The molecule has 1 aromatic rings. The Kier molecular flexibility index (Phi) is 4.07. The number of hydrogen-bond acceptors (Lipinski definition) is 2. The lowest BCUT2D eigenvalue weighted by molar-refractivity contribution is -0.242. The highest BCUT2D eigenvalue weighted by Gasteiger charge is 1.85. The van der Waals surface area contributed by atoms with Gasteiger partial charge in [-0.3, -0.25) is 0 Å². The molecule has 3 nitrogen and oxygen atoms in total.